The summed E-state index contributed by atoms with van der Waals surface area (Å²) in [7, 11) is 0. The summed E-state index contributed by atoms with van der Waals surface area (Å²) < 4.78 is 45.0. The topological polar surface area (TPSA) is 138 Å². The van der Waals surface area contributed by atoms with Crippen LogP contribution in [0.1, 0.15) is 65.2 Å². The van der Waals surface area contributed by atoms with Crippen LogP contribution in [0.5, 0.6) is 0 Å². The highest BCUT2D eigenvalue weighted by Crippen LogP contribution is 2.69. The average Bonchev–Trinajstić information content (AvgIpc) is 3.02. The number of allylic oxidation sites excluding steroid dienone is 1. The molecule has 0 amide bonds. The van der Waals surface area contributed by atoms with Gasteiger partial charge in [-0.3, -0.25) is 14.4 Å². The van der Waals surface area contributed by atoms with Crippen LogP contribution in [0.2, 0.25) is 0 Å². The van der Waals surface area contributed by atoms with E-state index in [9.17, 15) is 47.7 Å². The first-order valence-corrected chi connectivity index (χ1v) is 12.2. The van der Waals surface area contributed by atoms with Crippen molar-refractivity contribution in [2.45, 2.75) is 83.1 Å². The third-order valence-electron chi connectivity index (χ3n) is 9.81. The summed E-state index contributed by atoms with van der Waals surface area (Å²) in [5, 5.41) is 31.0. The Balaban J connectivity index is 1.85. The Morgan fingerprint density at radius 3 is 2.42 bits per heavy atom. The minimum absolute atomic E-state index is 0.0405. The molecule has 4 rings (SSSR count). The number of hydrogen-bond acceptors (Lipinski definition) is 6. The van der Waals surface area contributed by atoms with Crippen LogP contribution in [-0.4, -0.2) is 56.9 Å². The van der Waals surface area contributed by atoms with Gasteiger partial charge in [0.25, 0.3) is 0 Å². The van der Waals surface area contributed by atoms with E-state index in [1.54, 1.807) is 13.8 Å². The van der Waals surface area contributed by atoms with E-state index in [0.29, 0.717) is 12.0 Å². The Morgan fingerprint density at radius 2 is 1.83 bits per heavy atom. The van der Waals surface area contributed by atoms with Crippen LogP contribution in [0.4, 0.5) is 13.2 Å². The molecule has 0 aromatic carbocycles. The predicted molar refractivity (Wildman–Crippen MR) is 116 cm³/mol. The van der Waals surface area contributed by atoms with Gasteiger partial charge in [-0.15, -0.1) is 0 Å². The fraction of sp³-hybridized carbons (Fsp3) is 0.760. The van der Waals surface area contributed by atoms with Crippen LogP contribution in [0.25, 0.3) is 0 Å². The highest BCUT2D eigenvalue weighted by molar-refractivity contribution is 5.92. The normalized spacial score (nSPS) is 42.0. The van der Waals surface area contributed by atoms with Crippen molar-refractivity contribution < 1.29 is 52.4 Å². The Bertz CT molecular complexity index is 1020. The van der Waals surface area contributed by atoms with E-state index in [-0.39, 0.29) is 50.7 Å². The number of ether oxygens (including phenoxy) is 1. The lowest BCUT2D eigenvalue weighted by molar-refractivity contribution is -0.232. The number of carboxylic acids is 2. The van der Waals surface area contributed by atoms with Crippen LogP contribution < -0.4 is 0 Å². The first-order chi connectivity index (χ1) is 16.5. The molecule has 0 radical (unpaired) electrons. The summed E-state index contributed by atoms with van der Waals surface area (Å²) in [4.78, 5) is 48.0. The number of halogens is 3. The minimum Gasteiger partial charge on any atom is -0.481 e. The monoisotopic (exact) mass is 516 g/mol. The number of hydrogen-bond donors (Lipinski definition) is 3. The van der Waals surface area contributed by atoms with Gasteiger partial charge in [0.1, 0.15) is 6.10 Å². The van der Waals surface area contributed by atoms with E-state index in [2.05, 4.69) is 0 Å². The molecule has 3 N–H and O–H groups in total. The quantitative estimate of drug-likeness (QED) is 0.472. The zero-order valence-corrected chi connectivity index (χ0v) is 20.1. The molecule has 3 saturated carbocycles. The molecular weight excluding hydrogens is 485 g/mol. The molecule has 4 aliphatic rings. The fourth-order valence-electron chi connectivity index (χ4n) is 8.03. The van der Waals surface area contributed by atoms with E-state index >= 15 is 0 Å². The lowest BCUT2D eigenvalue weighted by Gasteiger charge is -2.62. The van der Waals surface area contributed by atoms with Crippen LogP contribution in [-0.2, 0) is 23.9 Å². The number of alkyl halides is 3. The van der Waals surface area contributed by atoms with Gasteiger partial charge in [0, 0.05) is 24.2 Å². The van der Waals surface area contributed by atoms with Crippen molar-refractivity contribution in [2.75, 3.05) is 0 Å². The lowest BCUT2D eigenvalue weighted by atomic mass is 9.43. The Kier molecular flexibility index (Phi) is 6.33. The molecule has 3 fully saturated rings. The fourth-order valence-corrected chi connectivity index (χ4v) is 8.03. The van der Waals surface area contributed by atoms with Gasteiger partial charge < -0.3 is 20.1 Å². The Labute approximate surface area is 205 Å². The molecule has 0 spiro atoms. The van der Waals surface area contributed by atoms with Crippen molar-refractivity contribution in [3.63, 3.8) is 0 Å². The Morgan fingerprint density at radius 1 is 1.17 bits per heavy atom. The van der Waals surface area contributed by atoms with Gasteiger partial charge in [0.2, 0.25) is 0 Å². The van der Waals surface area contributed by atoms with Gasteiger partial charge in [-0.2, -0.15) is 13.2 Å². The van der Waals surface area contributed by atoms with Gasteiger partial charge in [-0.1, -0.05) is 19.4 Å². The SMILES string of the molecule is C[C@]12CCC(=O)C=C1C[C@@H](C(=O)O)[C@@H]1[C@@H]2[C@H](OC(=O)C(F)(F)F)C[C@@]2(C)[C@H]1CC[C@@]2(O)CCC(=O)O. The highest BCUT2D eigenvalue weighted by atomic mass is 19.4. The molecule has 0 heterocycles. The maximum atomic E-state index is 13.3. The van der Waals surface area contributed by atoms with Crippen molar-refractivity contribution in [1.29, 1.82) is 0 Å². The number of carbonyl (C=O) groups excluding carboxylic acids is 2. The zero-order chi connectivity index (χ0) is 26.8. The van der Waals surface area contributed by atoms with Gasteiger partial charge in [-0.25, -0.2) is 4.79 Å². The van der Waals surface area contributed by atoms with Crippen molar-refractivity contribution in [2.24, 2.45) is 34.5 Å². The van der Waals surface area contributed by atoms with Crippen molar-refractivity contribution in [1.82, 2.24) is 0 Å². The van der Waals surface area contributed by atoms with E-state index in [1.807, 2.05) is 0 Å². The first-order valence-electron chi connectivity index (χ1n) is 12.2. The van der Waals surface area contributed by atoms with Crippen molar-refractivity contribution in [3.05, 3.63) is 11.6 Å². The summed E-state index contributed by atoms with van der Waals surface area (Å²) in [6.45, 7) is 3.44. The summed E-state index contributed by atoms with van der Waals surface area (Å²) in [5.74, 6) is -7.92. The molecule has 11 heteroatoms. The molecule has 0 aliphatic heterocycles. The molecule has 8 atom stereocenters. The summed E-state index contributed by atoms with van der Waals surface area (Å²) >= 11 is 0. The molecule has 0 aromatic rings. The number of carbonyl (C=O) groups is 4. The van der Waals surface area contributed by atoms with Crippen molar-refractivity contribution in [3.8, 4) is 0 Å². The van der Waals surface area contributed by atoms with Crippen molar-refractivity contribution >= 4 is 23.7 Å². The number of esters is 1. The largest absolute Gasteiger partial charge is 0.490 e. The van der Waals surface area contributed by atoms with Gasteiger partial charge >= 0.3 is 24.1 Å². The van der Waals surface area contributed by atoms with Crippen LogP contribution in [0, 0.1) is 34.5 Å². The molecule has 8 nitrogen and oxygen atoms in total. The number of aliphatic carboxylic acids is 2. The second kappa shape index (κ2) is 8.56. The van der Waals surface area contributed by atoms with Gasteiger partial charge in [0.05, 0.1) is 11.5 Å². The van der Waals surface area contributed by atoms with E-state index in [4.69, 9.17) is 4.74 Å². The smallest absolute Gasteiger partial charge is 0.481 e. The molecule has 36 heavy (non-hydrogen) atoms. The van der Waals surface area contributed by atoms with Crippen LogP contribution in [0.15, 0.2) is 11.6 Å². The van der Waals surface area contributed by atoms with Crippen LogP contribution >= 0.6 is 0 Å². The third kappa shape index (κ3) is 4.03. The summed E-state index contributed by atoms with van der Waals surface area (Å²) in [6, 6.07) is 0. The second-order valence-corrected chi connectivity index (χ2v) is 11.4. The molecule has 0 saturated heterocycles. The molecule has 0 aromatic heterocycles. The van der Waals surface area contributed by atoms with E-state index in [1.165, 1.54) is 6.08 Å². The number of rotatable bonds is 5. The molecule has 4 aliphatic carbocycles. The zero-order valence-electron chi connectivity index (χ0n) is 20.1. The predicted octanol–water partition coefficient (Wildman–Crippen LogP) is 3.51. The molecule has 0 bridgehead atoms. The number of fused-ring (bicyclic) bond motifs is 5. The second-order valence-electron chi connectivity index (χ2n) is 11.4. The molecular formula is C25H31F3O8. The maximum Gasteiger partial charge on any atom is 0.490 e. The van der Waals surface area contributed by atoms with Crippen LogP contribution in [0.3, 0.4) is 0 Å². The van der Waals surface area contributed by atoms with Gasteiger partial charge in [0.15, 0.2) is 5.78 Å². The lowest BCUT2D eigenvalue weighted by Crippen LogP contribution is -2.63. The maximum absolute atomic E-state index is 13.3. The standard InChI is InChI=1S/C25H31F3O8/c1-22-6-3-13(29)9-12(22)10-14(20(32)33)18-15-4-7-24(35,8-5-17(30)31)23(15,2)11-16(19(18)22)36-21(34)25(26,27)28/h9,14-16,18-19,35H,3-8,10-11H2,1-2H3,(H,30,31)(H,32,33)/t14-,15+,16-,18+,19+,22+,23+,24-/m1/s1. The minimum atomic E-state index is -5.27. The van der Waals surface area contributed by atoms with E-state index in [0.717, 1.165) is 0 Å². The average molecular weight is 517 g/mol. The molecule has 0 unspecified atom stereocenters. The van der Waals surface area contributed by atoms with Gasteiger partial charge in [-0.05, 0) is 61.9 Å². The Hall–Kier alpha value is -2.43. The summed E-state index contributed by atoms with van der Waals surface area (Å²) in [6.07, 6.45) is -4.93. The number of carboxylic acid groups (broad SMARTS) is 2. The van der Waals surface area contributed by atoms with E-state index < -0.39 is 70.3 Å². The third-order valence-corrected chi connectivity index (χ3v) is 9.81. The summed E-state index contributed by atoms with van der Waals surface area (Å²) in [5.41, 5.74) is -3.06. The number of ketones is 1. The molecule has 200 valence electrons. The number of aliphatic hydroxyl groups is 1. The highest BCUT2D eigenvalue weighted by Gasteiger charge is 2.69. The first kappa shape index (κ1) is 26.6.